The molecular formula is C10H17NO2. The molecule has 0 fully saturated rings. The van der Waals surface area contributed by atoms with E-state index < -0.39 is 0 Å². The van der Waals surface area contributed by atoms with Crippen molar-refractivity contribution in [3.8, 4) is 0 Å². The minimum Gasteiger partial charge on any atom is -0.466 e. The highest BCUT2D eigenvalue weighted by atomic mass is 16.5. The van der Waals surface area contributed by atoms with Gasteiger partial charge in [0.1, 0.15) is 0 Å². The molecule has 0 saturated heterocycles. The molecule has 1 rings (SSSR count). The van der Waals surface area contributed by atoms with E-state index in [4.69, 9.17) is 4.74 Å². The lowest BCUT2D eigenvalue weighted by molar-refractivity contribution is -0.142. The van der Waals surface area contributed by atoms with Gasteiger partial charge < -0.3 is 9.72 Å². The number of rotatable bonds is 3. The molecule has 0 amide bonds. The van der Waals surface area contributed by atoms with Crippen molar-refractivity contribution in [2.24, 2.45) is 0 Å². The van der Waals surface area contributed by atoms with Gasteiger partial charge >= 0.3 is 5.97 Å². The van der Waals surface area contributed by atoms with Gasteiger partial charge in [0.2, 0.25) is 0 Å². The zero-order valence-electron chi connectivity index (χ0n) is 8.46. The number of esters is 1. The zero-order valence-corrected chi connectivity index (χ0v) is 8.46. The molecule has 1 aromatic heterocycles. The van der Waals surface area contributed by atoms with Crippen molar-refractivity contribution < 1.29 is 9.53 Å². The first kappa shape index (κ1) is 11.8. The van der Waals surface area contributed by atoms with Gasteiger partial charge in [-0.15, -0.1) is 0 Å². The summed E-state index contributed by atoms with van der Waals surface area (Å²) in [4.78, 5) is 13.7. The lowest BCUT2D eigenvalue weighted by Crippen LogP contribution is -2.06. The highest BCUT2D eigenvalue weighted by molar-refractivity contribution is 5.72. The Kier molecular flexibility index (Phi) is 6.69. The summed E-state index contributed by atoms with van der Waals surface area (Å²) < 4.78 is 4.76. The summed E-state index contributed by atoms with van der Waals surface area (Å²) in [6, 6.07) is 1.86. The third-order valence-corrected chi connectivity index (χ3v) is 1.32. The summed E-state index contributed by atoms with van der Waals surface area (Å²) in [5.41, 5.74) is 0.962. The molecule has 3 heteroatoms. The average molecular weight is 183 g/mol. The van der Waals surface area contributed by atoms with E-state index in [2.05, 4.69) is 4.98 Å². The maximum absolute atomic E-state index is 10.9. The van der Waals surface area contributed by atoms with Gasteiger partial charge in [0, 0.05) is 12.4 Å². The van der Waals surface area contributed by atoms with Crippen molar-refractivity contribution in [2.75, 3.05) is 6.61 Å². The van der Waals surface area contributed by atoms with Crippen LogP contribution >= 0.6 is 0 Å². The van der Waals surface area contributed by atoms with Crippen LogP contribution in [0.5, 0.6) is 0 Å². The minimum absolute atomic E-state index is 0.174. The minimum atomic E-state index is -0.174. The molecule has 0 aromatic carbocycles. The summed E-state index contributed by atoms with van der Waals surface area (Å²) >= 11 is 0. The number of carbonyl (C=O) groups is 1. The molecule has 0 saturated carbocycles. The molecule has 1 aromatic rings. The van der Waals surface area contributed by atoms with Crippen molar-refractivity contribution in [1.82, 2.24) is 4.98 Å². The second-order valence-corrected chi connectivity index (χ2v) is 2.20. The van der Waals surface area contributed by atoms with Crippen molar-refractivity contribution in [3.05, 3.63) is 24.0 Å². The highest BCUT2D eigenvalue weighted by Gasteiger charge is 2.02. The fraction of sp³-hybridized carbons (Fsp3) is 0.500. The van der Waals surface area contributed by atoms with Gasteiger partial charge in [-0.2, -0.15) is 0 Å². The Morgan fingerprint density at radius 3 is 2.69 bits per heavy atom. The summed E-state index contributed by atoms with van der Waals surface area (Å²) in [5, 5.41) is 0. The Morgan fingerprint density at radius 2 is 2.23 bits per heavy atom. The molecule has 0 aliphatic heterocycles. The van der Waals surface area contributed by atoms with Crippen molar-refractivity contribution in [2.45, 2.75) is 27.2 Å². The molecule has 13 heavy (non-hydrogen) atoms. The topological polar surface area (TPSA) is 42.1 Å². The van der Waals surface area contributed by atoms with E-state index in [0.717, 1.165) is 5.56 Å². The Morgan fingerprint density at radius 1 is 1.54 bits per heavy atom. The zero-order chi connectivity index (χ0) is 10.1. The number of aromatic amines is 1. The van der Waals surface area contributed by atoms with E-state index in [-0.39, 0.29) is 5.97 Å². The van der Waals surface area contributed by atoms with Gasteiger partial charge in [-0.3, -0.25) is 4.79 Å². The monoisotopic (exact) mass is 183 g/mol. The number of hydrogen-bond acceptors (Lipinski definition) is 2. The molecule has 0 aliphatic rings. The molecule has 0 atom stereocenters. The van der Waals surface area contributed by atoms with Crippen LogP contribution in [0.4, 0.5) is 0 Å². The van der Waals surface area contributed by atoms with Gasteiger partial charge in [-0.05, 0) is 18.6 Å². The predicted molar refractivity (Wildman–Crippen MR) is 52.5 cm³/mol. The summed E-state index contributed by atoms with van der Waals surface area (Å²) in [6.45, 7) is 6.25. The first-order valence-corrected chi connectivity index (χ1v) is 4.60. The van der Waals surface area contributed by atoms with Crippen LogP contribution in [0.2, 0.25) is 0 Å². The van der Waals surface area contributed by atoms with Crippen molar-refractivity contribution >= 4 is 5.97 Å². The molecule has 0 spiro atoms. The van der Waals surface area contributed by atoms with Crippen molar-refractivity contribution in [1.29, 1.82) is 0 Å². The fourth-order valence-corrected chi connectivity index (χ4v) is 0.847. The summed E-state index contributed by atoms with van der Waals surface area (Å²) in [6.07, 6.45) is 3.93. The second-order valence-electron chi connectivity index (χ2n) is 2.20. The van der Waals surface area contributed by atoms with Crippen LogP contribution in [-0.4, -0.2) is 17.6 Å². The molecule has 0 unspecified atom stereocenters. The quantitative estimate of drug-likeness (QED) is 0.729. The smallest absolute Gasteiger partial charge is 0.310 e. The lowest BCUT2D eigenvalue weighted by Gasteiger charge is -1.97. The van der Waals surface area contributed by atoms with Gasteiger partial charge in [0.25, 0.3) is 0 Å². The predicted octanol–water partition coefficient (Wildman–Crippen LogP) is 2.15. The number of H-pyrrole nitrogens is 1. The molecule has 1 N–H and O–H groups in total. The molecule has 0 bridgehead atoms. The second kappa shape index (κ2) is 7.40. The van der Waals surface area contributed by atoms with Crippen LogP contribution in [0.3, 0.4) is 0 Å². The summed E-state index contributed by atoms with van der Waals surface area (Å²) in [5.74, 6) is -0.174. The van der Waals surface area contributed by atoms with Gasteiger partial charge in [-0.1, -0.05) is 13.8 Å². The Labute approximate surface area is 79.1 Å². The molecule has 3 nitrogen and oxygen atoms in total. The molecule has 74 valence electrons. The number of carbonyl (C=O) groups excluding carboxylic acids is 1. The van der Waals surface area contributed by atoms with E-state index >= 15 is 0 Å². The van der Waals surface area contributed by atoms with E-state index in [9.17, 15) is 4.79 Å². The van der Waals surface area contributed by atoms with E-state index in [1.807, 2.05) is 19.9 Å². The largest absolute Gasteiger partial charge is 0.466 e. The van der Waals surface area contributed by atoms with E-state index in [0.29, 0.717) is 13.0 Å². The van der Waals surface area contributed by atoms with Crippen LogP contribution < -0.4 is 0 Å². The summed E-state index contributed by atoms with van der Waals surface area (Å²) in [7, 11) is 0. The number of nitrogens with one attached hydrogen (secondary N) is 1. The standard InChI is InChI=1S/C8H11NO2.C2H6/c1-2-11-8(10)5-7-3-4-9-6-7;1-2/h3-4,6,9H,2,5H2,1H3;1-2H3. The Balaban J connectivity index is 0.000000671. The van der Waals surface area contributed by atoms with Gasteiger partial charge in [0.05, 0.1) is 13.0 Å². The normalized spacial score (nSPS) is 8.54. The first-order chi connectivity index (χ1) is 6.33. The van der Waals surface area contributed by atoms with E-state index in [1.165, 1.54) is 0 Å². The van der Waals surface area contributed by atoms with Crippen LogP contribution in [0.15, 0.2) is 18.5 Å². The van der Waals surface area contributed by atoms with Crippen LogP contribution in [-0.2, 0) is 16.0 Å². The number of hydrogen-bond donors (Lipinski definition) is 1. The van der Waals surface area contributed by atoms with Crippen LogP contribution in [0, 0.1) is 0 Å². The molecule has 0 radical (unpaired) electrons. The van der Waals surface area contributed by atoms with Crippen LogP contribution in [0.25, 0.3) is 0 Å². The third kappa shape index (κ3) is 5.06. The number of aromatic nitrogens is 1. The number of ether oxygens (including phenoxy) is 1. The highest BCUT2D eigenvalue weighted by Crippen LogP contribution is 1.98. The lowest BCUT2D eigenvalue weighted by atomic mass is 10.2. The molecule has 1 heterocycles. The fourth-order valence-electron chi connectivity index (χ4n) is 0.847. The van der Waals surface area contributed by atoms with E-state index in [1.54, 1.807) is 19.3 Å². The maximum Gasteiger partial charge on any atom is 0.310 e. The average Bonchev–Trinajstić information content (AvgIpc) is 2.61. The third-order valence-electron chi connectivity index (χ3n) is 1.32. The first-order valence-electron chi connectivity index (χ1n) is 4.60. The SMILES string of the molecule is CC.CCOC(=O)Cc1cc[nH]c1. The molecular weight excluding hydrogens is 166 g/mol. The Hall–Kier alpha value is -1.25. The maximum atomic E-state index is 10.9. The van der Waals surface area contributed by atoms with Crippen molar-refractivity contribution in [3.63, 3.8) is 0 Å². The molecule has 0 aliphatic carbocycles. The van der Waals surface area contributed by atoms with Gasteiger partial charge in [0.15, 0.2) is 0 Å². The van der Waals surface area contributed by atoms with Gasteiger partial charge in [-0.25, -0.2) is 0 Å². The Bertz CT molecular complexity index is 217. The van der Waals surface area contributed by atoms with Crippen LogP contribution in [0.1, 0.15) is 26.3 Å².